The summed E-state index contributed by atoms with van der Waals surface area (Å²) in [7, 11) is 0. The third kappa shape index (κ3) is 4.18. The largest absolute Gasteiger partial charge is 0.373 e. The van der Waals surface area contributed by atoms with Gasteiger partial charge < -0.3 is 5.32 Å². The summed E-state index contributed by atoms with van der Waals surface area (Å²) in [5.41, 5.74) is 9.29. The molecule has 0 saturated carbocycles. The molecule has 1 aliphatic heterocycles. The molecule has 4 heteroatoms. The molecule has 0 aliphatic carbocycles. The highest BCUT2D eigenvalue weighted by molar-refractivity contribution is 6.24. The molecule has 1 aliphatic rings. The summed E-state index contributed by atoms with van der Waals surface area (Å²) in [4.78, 5) is 4.25. The third-order valence-electron chi connectivity index (χ3n) is 8.52. The molecule has 0 amide bonds. The van der Waals surface area contributed by atoms with Crippen LogP contribution in [0.15, 0.2) is 133 Å². The Hall–Kier alpha value is -6.23. The Balaban J connectivity index is 1.23. The van der Waals surface area contributed by atoms with E-state index in [1.54, 1.807) is 6.20 Å². The van der Waals surface area contributed by atoms with Gasteiger partial charge in [0.15, 0.2) is 0 Å². The number of hydrogen-bond donors (Lipinski definition) is 1. The maximum Gasteiger partial charge on any atom is 0.148 e. The van der Waals surface area contributed by atoms with Crippen LogP contribution in [0.4, 0.5) is 0 Å². The molecular formula is C40H24N4. The van der Waals surface area contributed by atoms with Crippen LogP contribution in [-0.2, 0) is 0 Å². The van der Waals surface area contributed by atoms with Crippen LogP contribution in [0.3, 0.4) is 0 Å². The van der Waals surface area contributed by atoms with Crippen molar-refractivity contribution in [1.29, 1.82) is 10.5 Å². The van der Waals surface area contributed by atoms with Gasteiger partial charge in [-0.1, -0.05) is 72.8 Å². The normalized spacial score (nSPS) is 12.9. The predicted molar refractivity (Wildman–Crippen MR) is 179 cm³/mol. The van der Waals surface area contributed by atoms with Gasteiger partial charge in [-0.25, -0.2) is 4.98 Å². The van der Waals surface area contributed by atoms with Crippen LogP contribution < -0.4 is 5.32 Å². The van der Waals surface area contributed by atoms with Crippen molar-refractivity contribution in [3.05, 3.63) is 144 Å². The molecule has 0 radical (unpaired) electrons. The molecule has 44 heavy (non-hydrogen) atoms. The maximum absolute atomic E-state index is 9.62. The lowest BCUT2D eigenvalue weighted by Crippen LogP contribution is -2.16. The lowest BCUT2D eigenvalue weighted by molar-refractivity contribution is 0.931. The van der Waals surface area contributed by atoms with Crippen molar-refractivity contribution in [2.24, 2.45) is 0 Å². The lowest BCUT2D eigenvalue weighted by Gasteiger charge is -2.16. The Kier molecular flexibility index (Phi) is 5.93. The van der Waals surface area contributed by atoms with Gasteiger partial charge in [0, 0.05) is 23.9 Å². The fraction of sp³-hybridized carbons (Fsp3) is 0.0250. The first kappa shape index (κ1) is 25.5. The van der Waals surface area contributed by atoms with Gasteiger partial charge in [0.05, 0.1) is 0 Å². The molecule has 0 unspecified atom stereocenters. The van der Waals surface area contributed by atoms with E-state index in [0.717, 1.165) is 44.5 Å². The summed E-state index contributed by atoms with van der Waals surface area (Å²) in [6, 6.07) is 43.0. The molecule has 204 valence electrons. The molecule has 0 saturated heterocycles. The molecule has 1 aromatic heterocycles. The summed E-state index contributed by atoms with van der Waals surface area (Å²) >= 11 is 0. The summed E-state index contributed by atoms with van der Waals surface area (Å²) in [5.74, 6) is 0. The van der Waals surface area contributed by atoms with Crippen molar-refractivity contribution >= 4 is 37.9 Å². The molecule has 0 atom stereocenters. The Morgan fingerprint density at radius 3 is 1.73 bits per heavy atom. The SMILES string of the molecule is N#CC1=C(c2cccc(-c3cc4ccc5cc(-c6cccc(-c7cccnc7C#N)c6)cc6ccc(c3)c4c56)c2)C=CCN1. The predicted octanol–water partition coefficient (Wildman–Crippen LogP) is 9.25. The minimum atomic E-state index is 0.429. The summed E-state index contributed by atoms with van der Waals surface area (Å²) in [6.45, 7) is 0.671. The Labute approximate surface area is 254 Å². The van der Waals surface area contributed by atoms with Gasteiger partial charge in [-0.3, -0.25) is 0 Å². The molecule has 0 bridgehead atoms. The number of hydrogen-bond acceptors (Lipinski definition) is 4. The molecule has 6 aromatic carbocycles. The number of benzene rings is 6. The number of rotatable bonds is 4. The van der Waals surface area contributed by atoms with E-state index in [4.69, 9.17) is 0 Å². The summed E-state index contributed by atoms with van der Waals surface area (Å²) in [6.07, 6.45) is 5.73. The molecular weight excluding hydrogens is 536 g/mol. The highest BCUT2D eigenvalue weighted by atomic mass is 14.9. The van der Waals surface area contributed by atoms with E-state index in [0.29, 0.717) is 17.9 Å². The van der Waals surface area contributed by atoms with Crippen molar-refractivity contribution < 1.29 is 0 Å². The van der Waals surface area contributed by atoms with Crippen LogP contribution in [0.1, 0.15) is 11.3 Å². The van der Waals surface area contributed by atoms with E-state index in [2.05, 4.69) is 107 Å². The van der Waals surface area contributed by atoms with Crippen LogP contribution in [-0.4, -0.2) is 11.5 Å². The van der Waals surface area contributed by atoms with Gasteiger partial charge in [-0.05, 0) is 114 Å². The monoisotopic (exact) mass is 560 g/mol. The first-order valence-electron chi connectivity index (χ1n) is 14.5. The van der Waals surface area contributed by atoms with E-state index in [1.165, 1.54) is 32.3 Å². The lowest BCUT2D eigenvalue weighted by atomic mass is 9.88. The summed E-state index contributed by atoms with van der Waals surface area (Å²) < 4.78 is 0. The van der Waals surface area contributed by atoms with Crippen molar-refractivity contribution in [3.8, 4) is 45.5 Å². The van der Waals surface area contributed by atoms with Crippen LogP contribution in [0.2, 0.25) is 0 Å². The number of pyridine rings is 1. The molecule has 0 fully saturated rings. The minimum Gasteiger partial charge on any atom is -0.373 e. The van der Waals surface area contributed by atoms with Gasteiger partial charge in [0.1, 0.15) is 23.5 Å². The van der Waals surface area contributed by atoms with Crippen LogP contribution in [0.5, 0.6) is 0 Å². The highest BCUT2D eigenvalue weighted by Crippen LogP contribution is 2.40. The fourth-order valence-electron chi connectivity index (χ4n) is 6.49. The van der Waals surface area contributed by atoms with Gasteiger partial charge in [-0.2, -0.15) is 10.5 Å². The fourth-order valence-corrected chi connectivity index (χ4v) is 6.49. The Morgan fingerprint density at radius 1 is 0.568 bits per heavy atom. The number of allylic oxidation sites excluding steroid dienone is 3. The van der Waals surface area contributed by atoms with E-state index in [-0.39, 0.29) is 0 Å². The first-order valence-corrected chi connectivity index (χ1v) is 14.5. The second kappa shape index (κ2) is 10.2. The molecule has 8 rings (SSSR count). The van der Waals surface area contributed by atoms with Gasteiger partial charge in [0.2, 0.25) is 0 Å². The molecule has 2 heterocycles. The molecule has 7 aromatic rings. The van der Waals surface area contributed by atoms with Crippen molar-refractivity contribution in [1.82, 2.24) is 10.3 Å². The van der Waals surface area contributed by atoms with Crippen molar-refractivity contribution in [2.75, 3.05) is 6.54 Å². The zero-order chi connectivity index (χ0) is 29.6. The van der Waals surface area contributed by atoms with Gasteiger partial charge in [0.25, 0.3) is 0 Å². The number of nitrogens with one attached hydrogen (secondary N) is 1. The van der Waals surface area contributed by atoms with E-state index in [1.807, 2.05) is 36.4 Å². The van der Waals surface area contributed by atoms with Crippen LogP contribution >= 0.6 is 0 Å². The zero-order valence-electron chi connectivity index (χ0n) is 23.7. The molecule has 4 nitrogen and oxygen atoms in total. The van der Waals surface area contributed by atoms with E-state index in [9.17, 15) is 10.5 Å². The number of nitriles is 2. The number of aromatic nitrogens is 1. The Bertz CT molecular complexity index is 2350. The highest BCUT2D eigenvalue weighted by Gasteiger charge is 2.15. The molecule has 0 spiro atoms. The zero-order valence-corrected chi connectivity index (χ0v) is 23.7. The van der Waals surface area contributed by atoms with Crippen molar-refractivity contribution in [3.63, 3.8) is 0 Å². The van der Waals surface area contributed by atoms with Gasteiger partial charge >= 0.3 is 0 Å². The van der Waals surface area contributed by atoms with Gasteiger partial charge in [-0.15, -0.1) is 0 Å². The van der Waals surface area contributed by atoms with Crippen molar-refractivity contribution in [2.45, 2.75) is 0 Å². The smallest absolute Gasteiger partial charge is 0.148 e. The average molecular weight is 561 g/mol. The second-order valence-corrected chi connectivity index (χ2v) is 11.1. The number of nitrogens with zero attached hydrogens (tertiary/aromatic N) is 3. The van der Waals surface area contributed by atoms with E-state index < -0.39 is 0 Å². The standard InChI is InChI=1S/C40H24N4/c41-23-37-35(9-3-15-43-37)27-7-1-5-25(17-27)33-19-29-11-13-31-21-34(22-32-14-12-30(20-33)39(29)40(31)32)26-6-2-8-28(18-26)36-10-4-16-44-38(36)24-42/h1-15,17-22,44H,16H2. The minimum absolute atomic E-state index is 0.429. The summed E-state index contributed by atoms with van der Waals surface area (Å²) in [5, 5.41) is 29.7. The first-order chi connectivity index (χ1) is 21.7. The maximum atomic E-state index is 9.62. The average Bonchev–Trinajstić information content (AvgIpc) is 3.10. The van der Waals surface area contributed by atoms with Crippen LogP contribution in [0, 0.1) is 22.7 Å². The number of dihydropyridines is 1. The topological polar surface area (TPSA) is 72.5 Å². The Morgan fingerprint density at radius 2 is 1.14 bits per heavy atom. The third-order valence-corrected chi connectivity index (χ3v) is 8.52. The second-order valence-electron chi connectivity index (χ2n) is 11.1. The molecule has 1 N–H and O–H groups in total. The van der Waals surface area contributed by atoms with E-state index >= 15 is 0 Å². The van der Waals surface area contributed by atoms with Crippen LogP contribution in [0.25, 0.3) is 71.3 Å². The quantitative estimate of drug-likeness (QED) is 0.218.